The minimum atomic E-state index is -1.12. The average Bonchev–Trinajstić information content (AvgIpc) is 2.85. The van der Waals surface area contributed by atoms with Crippen LogP contribution >= 0.6 is 23.2 Å². The van der Waals surface area contributed by atoms with Crippen molar-refractivity contribution in [2.24, 2.45) is 29.1 Å². The monoisotopic (exact) mass is 346 g/mol. The maximum Gasteiger partial charge on any atom is 0.307 e. The third kappa shape index (κ3) is 2.20. The van der Waals surface area contributed by atoms with E-state index in [1.54, 1.807) is 6.92 Å². The number of carbonyl (C=O) groups is 3. The molecular formula is C14H16Cl2N2O4. The summed E-state index contributed by atoms with van der Waals surface area (Å²) in [4.78, 5) is 35.6. The highest BCUT2D eigenvalue weighted by Gasteiger charge is 2.68. The highest BCUT2D eigenvalue weighted by atomic mass is 35.5. The maximum atomic E-state index is 12.3. The van der Waals surface area contributed by atoms with Crippen LogP contribution in [0.5, 0.6) is 0 Å². The minimum Gasteiger partial charge on any atom is -0.481 e. The summed E-state index contributed by atoms with van der Waals surface area (Å²) in [6.07, 6.45) is 4.69. The Kier molecular flexibility index (Phi) is 3.45. The summed E-state index contributed by atoms with van der Waals surface area (Å²) >= 11 is 11.8. The first-order valence-corrected chi connectivity index (χ1v) is 7.82. The second kappa shape index (κ2) is 4.86. The number of carbonyl (C=O) groups excluding carboxylic acids is 2. The zero-order valence-electron chi connectivity index (χ0n) is 11.8. The Morgan fingerprint density at radius 1 is 1.14 bits per heavy atom. The molecule has 3 aliphatic rings. The Morgan fingerprint density at radius 3 is 2.18 bits per heavy atom. The molecule has 2 fully saturated rings. The zero-order valence-corrected chi connectivity index (χ0v) is 13.3. The minimum absolute atomic E-state index is 0.0975. The second-order valence-electron chi connectivity index (χ2n) is 6.49. The predicted octanol–water partition coefficient (Wildman–Crippen LogP) is 1.24. The van der Waals surface area contributed by atoms with Gasteiger partial charge in [0.15, 0.2) is 0 Å². The Bertz CT molecular complexity index is 591. The Morgan fingerprint density at radius 2 is 1.68 bits per heavy atom. The summed E-state index contributed by atoms with van der Waals surface area (Å²) in [5.41, 5.74) is 3.70. The van der Waals surface area contributed by atoms with Gasteiger partial charge in [-0.05, 0) is 31.6 Å². The lowest BCUT2D eigenvalue weighted by molar-refractivity contribution is -0.148. The fourth-order valence-electron chi connectivity index (χ4n) is 3.50. The number of carboxylic acids is 1. The summed E-state index contributed by atoms with van der Waals surface area (Å²) in [5.74, 6) is -3.58. The number of fused-ring (bicyclic) bond motifs is 2. The molecule has 120 valence electrons. The molecule has 6 nitrogen and oxygen atoms in total. The van der Waals surface area contributed by atoms with Gasteiger partial charge in [-0.25, -0.2) is 0 Å². The molecule has 3 aliphatic carbocycles. The quantitative estimate of drug-likeness (QED) is 0.407. The van der Waals surface area contributed by atoms with Gasteiger partial charge in [-0.2, -0.15) is 0 Å². The van der Waals surface area contributed by atoms with Crippen molar-refractivity contribution >= 4 is 41.0 Å². The van der Waals surface area contributed by atoms with Crippen LogP contribution < -0.4 is 10.9 Å². The van der Waals surface area contributed by atoms with Crippen LogP contribution in [-0.4, -0.2) is 27.2 Å². The number of halogens is 2. The van der Waals surface area contributed by atoms with Gasteiger partial charge >= 0.3 is 5.97 Å². The summed E-state index contributed by atoms with van der Waals surface area (Å²) in [6, 6.07) is 0. The van der Waals surface area contributed by atoms with Crippen LogP contribution in [-0.2, 0) is 14.4 Å². The first kappa shape index (κ1) is 15.6. The SMILES string of the molecule is C[C@@]1(C(=O)NNC(=O)[C@@H]2[C@@H](C(=O)O)[C@H]3C=C[C@H]2C3)CC1(Cl)Cl. The normalized spacial score (nSPS) is 40.3. The van der Waals surface area contributed by atoms with E-state index < -0.39 is 39.4 Å². The number of hydrazine groups is 1. The van der Waals surface area contributed by atoms with Crippen LogP contribution in [0, 0.1) is 29.1 Å². The number of carboxylic acid groups (broad SMARTS) is 1. The fourth-order valence-corrected chi connectivity index (χ4v) is 4.21. The molecule has 0 aromatic rings. The lowest BCUT2D eigenvalue weighted by Crippen LogP contribution is -2.50. The number of nitrogens with one attached hydrogen (secondary N) is 2. The molecule has 22 heavy (non-hydrogen) atoms. The van der Waals surface area contributed by atoms with Gasteiger partial charge in [0, 0.05) is 0 Å². The van der Waals surface area contributed by atoms with E-state index in [1.807, 2.05) is 12.2 Å². The van der Waals surface area contributed by atoms with E-state index in [9.17, 15) is 19.5 Å². The van der Waals surface area contributed by atoms with Gasteiger partial charge in [0.2, 0.25) is 11.8 Å². The van der Waals surface area contributed by atoms with Crippen molar-refractivity contribution in [1.29, 1.82) is 0 Å². The summed E-state index contributed by atoms with van der Waals surface area (Å²) in [7, 11) is 0. The van der Waals surface area contributed by atoms with Crippen LogP contribution in [0.3, 0.4) is 0 Å². The molecule has 2 saturated carbocycles. The molecule has 0 aromatic heterocycles. The van der Waals surface area contributed by atoms with Crippen LogP contribution in [0.1, 0.15) is 19.8 Å². The molecule has 0 unspecified atom stereocenters. The van der Waals surface area contributed by atoms with Gasteiger partial charge in [-0.3, -0.25) is 25.2 Å². The highest BCUT2D eigenvalue weighted by Crippen LogP contribution is 2.63. The van der Waals surface area contributed by atoms with Crippen LogP contribution in [0.25, 0.3) is 0 Å². The average molecular weight is 347 g/mol. The molecular weight excluding hydrogens is 331 g/mol. The van der Waals surface area contributed by atoms with Gasteiger partial charge in [0.1, 0.15) is 4.33 Å². The van der Waals surface area contributed by atoms with Crippen LogP contribution in [0.15, 0.2) is 12.2 Å². The molecule has 0 spiro atoms. The van der Waals surface area contributed by atoms with Crippen molar-refractivity contribution < 1.29 is 19.5 Å². The van der Waals surface area contributed by atoms with Crippen molar-refractivity contribution in [3.05, 3.63) is 12.2 Å². The van der Waals surface area contributed by atoms with Gasteiger partial charge in [-0.1, -0.05) is 12.2 Å². The Hall–Kier alpha value is -1.27. The van der Waals surface area contributed by atoms with E-state index in [2.05, 4.69) is 10.9 Å². The van der Waals surface area contributed by atoms with E-state index >= 15 is 0 Å². The Labute approximate surface area is 137 Å². The third-order valence-electron chi connectivity index (χ3n) is 5.11. The van der Waals surface area contributed by atoms with E-state index in [4.69, 9.17) is 23.2 Å². The van der Waals surface area contributed by atoms with Gasteiger partial charge in [0.05, 0.1) is 17.3 Å². The van der Waals surface area contributed by atoms with Crippen molar-refractivity contribution in [2.45, 2.75) is 24.1 Å². The summed E-state index contributed by atoms with van der Waals surface area (Å²) in [5, 5.41) is 9.30. The molecule has 2 amide bonds. The number of alkyl halides is 2. The number of allylic oxidation sites excluding steroid dienone is 2. The topological polar surface area (TPSA) is 95.5 Å². The predicted molar refractivity (Wildman–Crippen MR) is 78.8 cm³/mol. The molecule has 0 saturated heterocycles. The number of amides is 2. The van der Waals surface area contributed by atoms with Crippen molar-refractivity contribution in [1.82, 2.24) is 10.9 Å². The Balaban J connectivity index is 1.62. The number of aliphatic carboxylic acids is 1. The van der Waals surface area contributed by atoms with E-state index in [0.29, 0.717) is 12.8 Å². The lowest BCUT2D eigenvalue weighted by atomic mass is 9.82. The molecule has 5 atom stereocenters. The highest BCUT2D eigenvalue weighted by molar-refractivity contribution is 6.53. The van der Waals surface area contributed by atoms with Gasteiger partial charge in [-0.15, -0.1) is 23.2 Å². The second-order valence-corrected chi connectivity index (χ2v) is 7.98. The number of rotatable bonds is 3. The zero-order chi connectivity index (χ0) is 16.3. The van der Waals surface area contributed by atoms with Crippen molar-refractivity contribution in [3.8, 4) is 0 Å². The number of hydrogen-bond acceptors (Lipinski definition) is 3. The van der Waals surface area contributed by atoms with Gasteiger partial charge < -0.3 is 5.11 Å². The molecule has 0 aromatic carbocycles. The van der Waals surface area contributed by atoms with Crippen molar-refractivity contribution in [3.63, 3.8) is 0 Å². The first-order valence-electron chi connectivity index (χ1n) is 7.06. The lowest BCUT2D eigenvalue weighted by Gasteiger charge is -2.24. The summed E-state index contributed by atoms with van der Waals surface area (Å²) < 4.78 is -1.12. The molecule has 2 bridgehead atoms. The van der Waals surface area contributed by atoms with Crippen molar-refractivity contribution in [2.75, 3.05) is 0 Å². The molecule has 0 heterocycles. The molecule has 0 radical (unpaired) electrons. The first-order chi connectivity index (χ1) is 10.2. The smallest absolute Gasteiger partial charge is 0.307 e. The standard InChI is InChI=1S/C14H16Cl2N2O4/c1-13(5-14(13,15)16)12(22)18-17-10(19)8-6-2-3-7(4-6)9(8)11(20)21/h2-3,6-9H,4-5H2,1H3,(H,17,19)(H,18,22)(H,20,21)/t6-,7-,8-,9-,13-/m0/s1. The van der Waals surface area contributed by atoms with E-state index in [0.717, 1.165) is 0 Å². The molecule has 0 aliphatic heterocycles. The van der Waals surface area contributed by atoms with Gasteiger partial charge in [0.25, 0.3) is 0 Å². The number of hydrogen-bond donors (Lipinski definition) is 3. The largest absolute Gasteiger partial charge is 0.481 e. The molecule has 3 N–H and O–H groups in total. The maximum absolute atomic E-state index is 12.3. The van der Waals surface area contributed by atoms with Crippen LogP contribution in [0.2, 0.25) is 0 Å². The van der Waals surface area contributed by atoms with Crippen LogP contribution in [0.4, 0.5) is 0 Å². The third-order valence-corrected chi connectivity index (χ3v) is 6.21. The van der Waals surface area contributed by atoms with E-state index in [-0.39, 0.29) is 11.8 Å². The molecule has 3 rings (SSSR count). The van der Waals surface area contributed by atoms with E-state index in [1.165, 1.54) is 0 Å². The summed E-state index contributed by atoms with van der Waals surface area (Å²) in [6.45, 7) is 1.61. The molecule has 8 heteroatoms. The fraction of sp³-hybridized carbons (Fsp3) is 0.643.